The minimum absolute atomic E-state index is 0.0446. The zero-order valence-electron chi connectivity index (χ0n) is 18.7. The zero-order chi connectivity index (χ0) is 23.7. The van der Waals surface area contributed by atoms with E-state index in [1.165, 1.54) is 24.3 Å². The molecular formula is C27H25F2N3O2. The van der Waals surface area contributed by atoms with Crippen LogP contribution in [-0.4, -0.2) is 47.8 Å². The normalized spacial score (nSPS) is 16.5. The third-order valence-corrected chi connectivity index (χ3v) is 6.67. The van der Waals surface area contributed by atoms with Crippen LogP contribution in [0.5, 0.6) is 0 Å². The Morgan fingerprint density at radius 1 is 0.824 bits per heavy atom. The van der Waals surface area contributed by atoms with Gasteiger partial charge in [0.2, 0.25) is 5.91 Å². The number of carbonyl (C=O) groups is 2. The number of hydrogen-bond acceptors (Lipinski definition) is 3. The Balaban J connectivity index is 1.31. The van der Waals surface area contributed by atoms with Crippen molar-refractivity contribution in [3.63, 3.8) is 0 Å². The number of amides is 2. The van der Waals surface area contributed by atoms with E-state index in [1.807, 2.05) is 23.1 Å². The minimum Gasteiger partial charge on any atom is -0.368 e. The molecule has 2 amide bonds. The SMILES string of the molecule is O=C(C[C@@H](c1ccc(F)cc1)N1Cc2ccccc2C1=O)N1CCN(c2ccc(F)cc2)CC1. The van der Waals surface area contributed by atoms with Crippen molar-refractivity contribution < 1.29 is 18.4 Å². The lowest BCUT2D eigenvalue weighted by Gasteiger charge is -2.37. The summed E-state index contributed by atoms with van der Waals surface area (Å²) in [5.41, 5.74) is 3.24. The smallest absolute Gasteiger partial charge is 0.255 e. The summed E-state index contributed by atoms with van der Waals surface area (Å²) in [5.74, 6) is -0.791. The average molecular weight is 462 g/mol. The third kappa shape index (κ3) is 4.38. The van der Waals surface area contributed by atoms with Crippen LogP contribution in [-0.2, 0) is 11.3 Å². The Labute approximate surface area is 197 Å². The topological polar surface area (TPSA) is 43.9 Å². The molecule has 0 radical (unpaired) electrons. The first-order chi connectivity index (χ1) is 16.5. The maximum absolute atomic E-state index is 13.6. The van der Waals surface area contributed by atoms with E-state index in [-0.39, 0.29) is 29.9 Å². The van der Waals surface area contributed by atoms with E-state index in [9.17, 15) is 18.4 Å². The molecule has 0 aromatic heterocycles. The molecule has 3 aromatic carbocycles. The van der Waals surface area contributed by atoms with Crippen molar-refractivity contribution in [2.24, 2.45) is 0 Å². The van der Waals surface area contributed by atoms with Gasteiger partial charge in [-0.05, 0) is 53.6 Å². The van der Waals surface area contributed by atoms with Crippen LogP contribution in [0.25, 0.3) is 0 Å². The van der Waals surface area contributed by atoms with Gasteiger partial charge in [-0.3, -0.25) is 9.59 Å². The Morgan fingerprint density at radius 2 is 1.44 bits per heavy atom. The highest BCUT2D eigenvalue weighted by Gasteiger charge is 2.35. The quantitative estimate of drug-likeness (QED) is 0.566. The van der Waals surface area contributed by atoms with E-state index in [2.05, 4.69) is 4.90 Å². The van der Waals surface area contributed by atoms with E-state index < -0.39 is 6.04 Å². The molecule has 1 saturated heterocycles. The summed E-state index contributed by atoms with van der Waals surface area (Å²) < 4.78 is 26.8. The number of halogens is 2. The van der Waals surface area contributed by atoms with Gasteiger partial charge in [-0.15, -0.1) is 0 Å². The summed E-state index contributed by atoms with van der Waals surface area (Å²) in [6.07, 6.45) is 0.127. The number of rotatable bonds is 5. The molecule has 0 unspecified atom stereocenters. The van der Waals surface area contributed by atoms with E-state index in [1.54, 1.807) is 35.2 Å². The number of piperazine rings is 1. The lowest BCUT2D eigenvalue weighted by atomic mass is 10.0. The Morgan fingerprint density at radius 3 is 2.09 bits per heavy atom. The van der Waals surface area contributed by atoms with Gasteiger partial charge >= 0.3 is 0 Å². The molecule has 0 aliphatic carbocycles. The monoisotopic (exact) mass is 461 g/mol. The zero-order valence-corrected chi connectivity index (χ0v) is 18.7. The molecule has 34 heavy (non-hydrogen) atoms. The van der Waals surface area contributed by atoms with E-state index >= 15 is 0 Å². The highest BCUT2D eigenvalue weighted by molar-refractivity contribution is 5.98. The molecule has 1 atom stereocenters. The second-order valence-corrected chi connectivity index (χ2v) is 8.71. The van der Waals surface area contributed by atoms with Crippen LogP contribution in [0.1, 0.15) is 33.9 Å². The summed E-state index contributed by atoms with van der Waals surface area (Å²) in [4.78, 5) is 32.1. The maximum atomic E-state index is 13.6. The van der Waals surface area contributed by atoms with Crippen molar-refractivity contribution >= 4 is 17.5 Å². The number of fused-ring (bicyclic) bond motifs is 1. The van der Waals surface area contributed by atoms with Crippen molar-refractivity contribution in [3.8, 4) is 0 Å². The van der Waals surface area contributed by atoms with Crippen molar-refractivity contribution in [2.75, 3.05) is 31.1 Å². The lowest BCUT2D eigenvalue weighted by molar-refractivity contribution is -0.132. The minimum atomic E-state index is -0.483. The Bertz CT molecular complexity index is 1190. The first kappa shape index (κ1) is 22.1. The lowest BCUT2D eigenvalue weighted by Crippen LogP contribution is -2.49. The number of benzene rings is 3. The summed E-state index contributed by atoms with van der Waals surface area (Å²) in [6, 6.07) is 19.4. The summed E-state index contributed by atoms with van der Waals surface area (Å²) in [7, 11) is 0. The van der Waals surface area contributed by atoms with E-state index in [0.29, 0.717) is 38.3 Å². The van der Waals surface area contributed by atoms with Crippen LogP contribution in [0.4, 0.5) is 14.5 Å². The van der Waals surface area contributed by atoms with Crippen molar-refractivity contribution in [1.82, 2.24) is 9.80 Å². The molecule has 2 aliphatic heterocycles. The molecule has 2 aliphatic rings. The molecule has 0 N–H and O–H groups in total. The first-order valence-electron chi connectivity index (χ1n) is 11.4. The fourth-order valence-corrected chi connectivity index (χ4v) is 4.78. The van der Waals surface area contributed by atoms with Crippen molar-refractivity contribution in [1.29, 1.82) is 0 Å². The van der Waals surface area contributed by atoms with Gasteiger partial charge in [0.1, 0.15) is 11.6 Å². The molecular weight excluding hydrogens is 436 g/mol. The maximum Gasteiger partial charge on any atom is 0.255 e. The Hall–Kier alpha value is -3.74. The molecule has 1 fully saturated rings. The fourth-order valence-electron chi connectivity index (χ4n) is 4.78. The highest BCUT2D eigenvalue weighted by Crippen LogP contribution is 2.34. The molecule has 174 valence electrons. The second-order valence-electron chi connectivity index (χ2n) is 8.71. The predicted octanol–water partition coefficient (Wildman–Crippen LogP) is 4.40. The van der Waals surface area contributed by atoms with E-state index in [0.717, 1.165) is 16.8 Å². The fraction of sp³-hybridized carbons (Fsp3) is 0.259. The predicted molar refractivity (Wildman–Crippen MR) is 125 cm³/mol. The van der Waals surface area contributed by atoms with Crippen molar-refractivity contribution in [3.05, 3.63) is 101 Å². The van der Waals surface area contributed by atoms with Gasteiger partial charge in [-0.2, -0.15) is 0 Å². The van der Waals surface area contributed by atoms with Crippen LogP contribution >= 0.6 is 0 Å². The largest absolute Gasteiger partial charge is 0.368 e. The number of anilines is 1. The van der Waals surface area contributed by atoms with Crippen LogP contribution in [0.15, 0.2) is 72.8 Å². The van der Waals surface area contributed by atoms with E-state index in [4.69, 9.17) is 0 Å². The van der Waals surface area contributed by atoms with Crippen LogP contribution in [0, 0.1) is 11.6 Å². The number of nitrogens with zero attached hydrogens (tertiary/aromatic N) is 3. The summed E-state index contributed by atoms with van der Waals surface area (Å²) in [6.45, 7) is 2.79. The second kappa shape index (κ2) is 9.25. The van der Waals surface area contributed by atoms with Gasteiger partial charge in [0, 0.05) is 44.0 Å². The first-order valence-corrected chi connectivity index (χ1v) is 11.4. The summed E-state index contributed by atoms with van der Waals surface area (Å²) >= 11 is 0. The molecule has 2 heterocycles. The summed E-state index contributed by atoms with van der Waals surface area (Å²) in [5, 5.41) is 0. The highest BCUT2D eigenvalue weighted by atomic mass is 19.1. The van der Waals surface area contributed by atoms with Gasteiger partial charge in [0.05, 0.1) is 12.5 Å². The van der Waals surface area contributed by atoms with Gasteiger partial charge in [-0.1, -0.05) is 30.3 Å². The van der Waals surface area contributed by atoms with Crippen LogP contribution < -0.4 is 4.90 Å². The van der Waals surface area contributed by atoms with Crippen molar-refractivity contribution in [2.45, 2.75) is 19.0 Å². The average Bonchev–Trinajstić information content (AvgIpc) is 3.20. The number of hydrogen-bond donors (Lipinski definition) is 0. The molecule has 5 rings (SSSR count). The Kier molecular flexibility index (Phi) is 6.01. The van der Waals surface area contributed by atoms with Crippen LogP contribution in [0.3, 0.4) is 0 Å². The third-order valence-electron chi connectivity index (χ3n) is 6.67. The van der Waals surface area contributed by atoms with Gasteiger partial charge in [-0.25, -0.2) is 8.78 Å². The molecule has 5 nitrogen and oxygen atoms in total. The van der Waals surface area contributed by atoms with Gasteiger partial charge in [0.25, 0.3) is 5.91 Å². The molecule has 0 saturated carbocycles. The molecule has 0 bridgehead atoms. The van der Waals surface area contributed by atoms with Gasteiger partial charge in [0.15, 0.2) is 0 Å². The number of carbonyl (C=O) groups excluding carboxylic acids is 2. The molecule has 0 spiro atoms. The standard InChI is InChI=1S/C27H25F2N3O2/c28-21-7-5-19(6-8-21)25(32-18-20-3-1-2-4-24(20)27(32)34)17-26(33)31-15-13-30(14-16-31)23-11-9-22(29)10-12-23/h1-12,25H,13-18H2/t25-/m0/s1. The molecule has 7 heteroatoms. The van der Waals surface area contributed by atoms with Crippen LogP contribution in [0.2, 0.25) is 0 Å². The van der Waals surface area contributed by atoms with Gasteiger partial charge < -0.3 is 14.7 Å². The molecule has 3 aromatic rings.